The highest BCUT2D eigenvalue weighted by molar-refractivity contribution is 6.58. The van der Waals surface area contributed by atoms with Crippen molar-refractivity contribution in [2.24, 2.45) is 5.92 Å². The Labute approximate surface area is 100 Å². The van der Waals surface area contributed by atoms with Crippen LogP contribution < -0.4 is 5.46 Å². The molecule has 0 aromatic heterocycles. The van der Waals surface area contributed by atoms with Gasteiger partial charge in [-0.25, -0.2) is 8.78 Å². The van der Waals surface area contributed by atoms with Gasteiger partial charge in [0.2, 0.25) is 0 Å². The molecule has 5 heteroatoms. The molecule has 94 valence electrons. The molecular formula is C12H17BF2O2. The second kappa shape index (κ2) is 6.12. The van der Waals surface area contributed by atoms with Crippen molar-refractivity contribution in [3.05, 3.63) is 29.3 Å². The van der Waals surface area contributed by atoms with Gasteiger partial charge in [-0.1, -0.05) is 20.3 Å². The lowest BCUT2D eigenvalue weighted by atomic mass is 9.79. The van der Waals surface area contributed by atoms with Crippen LogP contribution in [0.25, 0.3) is 0 Å². The van der Waals surface area contributed by atoms with Crippen molar-refractivity contribution in [3.8, 4) is 0 Å². The van der Waals surface area contributed by atoms with Crippen molar-refractivity contribution in [2.75, 3.05) is 0 Å². The summed E-state index contributed by atoms with van der Waals surface area (Å²) in [6.07, 6.45) is 2.01. The molecule has 0 fully saturated rings. The first-order chi connectivity index (χ1) is 7.95. The van der Waals surface area contributed by atoms with Gasteiger partial charge in [0.25, 0.3) is 0 Å². The van der Waals surface area contributed by atoms with E-state index in [9.17, 15) is 8.78 Å². The van der Waals surface area contributed by atoms with E-state index < -0.39 is 18.8 Å². The van der Waals surface area contributed by atoms with Crippen molar-refractivity contribution >= 4 is 12.6 Å². The van der Waals surface area contributed by atoms with E-state index in [0.29, 0.717) is 18.8 Å². The number of halogens is 2. The molecule has 0 bridgehead atoms. The molecule has 2 N–H and O–H groups in total. The summed E-state index contributed by atoms with van der Waals surface area (Å²) in [5.41, 5.74) is -0.137. The van der Waals surface area contributed by atoms with E-state index in [2.05, 4.69) is 0 Å². The first-order valence-electron chi connectivity index (χ1n) is 5.79. The average molecular weight is 242 g/mol. The van der Waals surface area contributed by atoms with Crippen LogP contribution in [-0.4, -0.2) is 17.2 Å². The second-order valence-corrected chi connectivity index (χ2v) is 4.39. The van der Waals surface area contributed by atoms with Crippen molar-refractivity contribution in [2.45, 2.75) is 33.1 Å². The molecule has 0 unspecified atom stereocenters. The Balaban J connectivity index is 2.86. The van der Waals surface area contributed by atoms with E-state index in [4.69, 9.17) is 10.0 Å². The average Bonchev–Trinajstić information content (AvgIpc) is 2.27. The monoisotopic (exact) mass is 242 g/mol. The van der Waals surface area contributed by atoms with Crippen molar-refractivity contribution in [3.63, 3.8) is 0 Å². The lowest BCUT2D eigenvalue weighted by molar-refractivity contribution is 0.424. The van der Waals surface area contributed by atoms with Crippen LogP contribution >= 0.6 is 0 Å². The van der Waals surface area contributed by atoms with E-state index in [1.165, 1.54) is 0 Å². The topological polar surface area (TPSA) is 40.5 Å². The summed E-state index contributed by atoms with van der Waals surface area (Å²) < 4.78 is 27.1. The Hall–Kier alpha value is -0.935. The largest absolute Gasteiger partial charge is 0.488 e. The summed E-state index contributed by atoms with van der Waals surface area (Å²) >= 11 is 0. The Morgan fingerprint density at radius 2 is 1.76 bits per heavy atom. The predicted octanol–water partition coefficient (Wildman–Crippen LogP) is 1.62. The van der Waals surface area contributed by atoms with Crippen molar-refractivity contribution in [1.82, 2.24) is 0 Å². The minimum Gasteiger partial charge on any atom is -0.423 e. The molecule has 1 rings (SSSR count). The maximum atomic E-state index is 13.6. The summed E-state index contributed by atoms with van der Waals surface area (Å²) in [5.74, 6) is -1.01. The van der Waals surface area contributed by atoms with Crippen LogP contribution in [-0.2, 0) is 6.42 Å². The maximum Gasteiger partial charge on any atom is 0.488 e. The third-order valence-corrected chi connectivity index (χ3v) is 3.05. The van der Waals surface area contributed by atoms with E-state index in [1.807, 2.05) is 13.8 Å². The molecule has 0 saturated carbocycles. The van der Waals surface area contributed by atoms with Gasteiger partial charge in [-0.2, -0.15) is 0 Å². The number of hydrogen-bond donors (Lipinski definition) is 2. The highest BCUT2D eigenvalue weighted by atomic mass is 19.1. The second-order valence-electron chi connectivity index (χ2n) is 4.39. The standard InChI is InChI=1S/C12H17BF2O2/c1-3-8(2)4-5-10-11(14)6-9(13(16)17)7-12(10)15/h6-8,16-17H,3-5H2,1-2H3/t8-/m1/s1. The Bertz CT molecular complexity index is 360. The summed E-state index contributed by atoms with van der Waals surface area (Å²) in [6, 6.07) is 1.94. The molecule has 0 aliphatic rings. The summed E-state index contributed by atoms with van der Waals surface area (Å²) in [4.78, 5) is 0. The molecule has 0 saturated heterocycles. The van der Waals surface area contributed by atoms with Gasteiger partial charge in [0.15, 0.2) is 0 Å². The minimum absolute atomic E-state index is 0.0229. The number of benzene rings is 1. The molecule has 0 spiro atoms. The van der Waals surface area contributed by atoms with Gasteiger partial charge in [-0.05, 0) is 36.4 Å². The van der Waals surface area contributed by atoms with Gasteiger partial charge in [0.05, 0.1) is 0 Å². The SMILES string of the molecule is CC[C@@H](C)CCc1c(F)cc(B(O)O)cc1F. The first-order valence-corrected chi connectivity index (χ1v) is 5.79. The fraction of sp³-hybridized carbons (Fsp3) is 0.500. The molecule has 1 aromatic carbocycles. The molecule has 0 aliphatic heterocycles. The Kier molecular flexibility index (Phi) is 5.09. The van der Waals surface area contributed by atoms with Gasteiger partial charge in [-0.15, -0.1) is 0 Å². The van der Waals surface area contributed by atoms with Gasteiger partial charge in [0, 0.05) is 5.56 Å². The van der Waals surface area contributed by atoms with Gasteiger partial charge >= 0.3 is 7.12 Å². The summed E-state index contributed by atoms with van der Waals surface area (Å²) in [5, 5.41) is 17.7. The van der Waals surface area contributed by atoms with Crippen LogP contribution in [0.4, 0.5) is 8.78 Å². The van der Waals surface area contributed by atoms with Crippen LogP contribution in [0.15, 0.2) is 12.1 Å². The van der Waals surface area contributed by atoms with Crippen LogP contribution in [0, 0.1) is 17.6 Å². The quantitative estimate of drug-likeness (QED) is 0.770. The van der Waals surface area contributed by atoms with Gasteiger partial charge in [-0.3, -0.25) is 0 Å². The number of hydrogen-bond acceptors (Lipinski definition) is 2. The molecule has 1 atom stereocenters. The van der Waals surface area contributed by atoms with E-state index in [1.54, 1.807) is 0 Å². The van der Waals surface area contributed by atoms with Crippen LogP contribution in [0.2, 0.25) is 0 Å². The normalized spacial score (nSPS) is 12.6. The molecule has 2 nitrogen and oxygen atoms in total. The minimum atomic E-state index is -1.84. The zero-order valence-corrected chi connectivity index (χ0v) is 10.1. The third-order valence-electron chi connectivity index (χ3n) is 3.05. The fourth-order valence-corrected chi connectivity index (χ4v) is 1.61. The van der Waals surface area contributed by atoms with E-state index in [0.717, 1.165) is 18.6 Å². The molecule has 17 heavy (non-hydrogen) atoms. The summed E-state index contributed by atoms with van der Waals surface area (Å²) in [6.45, 7) is 4.06. The highest BCUT2D eigenvalue weighted by Crippen LogP contribution is 2.17. The fourth-order valence-electron chi connectivity index (χ4n) is 1.61. The van der Waals surface area contributed by atoms with Crippen LogP contribution in [0.5, 0.6) is 0 Å². The molecule has 0 amide bonds. The smallest absolute Gasteiger partial charge is 0.423 e. The van der Waals surface area contributed by atoms with Crippen LogP contribution in [0.1, 0.15) is 32.3 Å². The molecular weight excluding hydrogens is 225 g/mol. The molecule has 0 radical (unpaired) electrons. The number of rotatable bonds is 5. The van der Waals surface area contributed by atoms with Gasteiger partial charge in [0.1, 0.15) is 11.6 Å². The molecule has 1 aromatic rings. The maximum absolute atomic E-state index is 13.6. The van der Waals surface area contributed by atoms with Crippen molar-refractivity contribution in [1.29, 1.82) is 0 Å². The summed E-state index contributed by atoms with van der Waals surface area (Å²) in [7, 11) is -1.84. The van der Waals surface area contributed by atoms with Gasteiger partial charge < -0.3 is 10.0 Å². The molecule has 0 heterocycles. The van der Waals surface area contributed by atoms with Crippen LogP contribution in [0.3, 0.4) is 0 Å². The Morgan fingerprint density at radius 1 is 1.24 bits per heavy atom. The first kappa shape index (κ1) is 14.1. The van der Waals surface area contributed by atoms with E-state index in [-0.39, 0.29) is 11.0 Å². The highest BCUT2D eigenvalue weighted by Gasteiger charge is 2.18. The zero-order valence-electron chi connectivity index (χ0n) is 10.1. The lowest BCUT2D eigenvalue weighted by Gasteiger charge is -2.11. The lowest BCUT2D eigenvalue weighted by Crippen LogP contribution is -2.31. The Morgan fingerprint density at radius 3 is 2.18 bits per heavy atom. The molecule has 0 aliphatic carbocycles. The third kappa shape index (κ3) is 3.79. The van der Waals surface area contributed by atoms with E-state index >= 15 is 0 Å². The predicted molar refractivity (Wildman–Crippen MR) is 64.0 cm³/mol. The van der Waals surface area contributed by atoms with Crippen molar-refractivity contribution < 1.29 is 18.8 Å². The zero-order chi connectivity index (χ0) is 13.0.